The number of hydrogen-bond acceptors (Lipinski definition) is 5. The fraction of sp³-hybridized carbons (Fsp3) is 0.500. The van der Waals surface area contributed by atoms with Gasteiger partial charge in [0.1, 0.15) is 7.85 Å². The van der Waals surface area contributed by atoms with E-state index in [1.807, 2.05) is 0 Å². The highest BCUT2D eigenvalue weighted by Gasteiger charge is 2.33. The van der Waals surface area contributed by atoms with Crippen molar-refractivity contribution in [1.29, 1.82) is 4.78 Å². The second kappa shape index (κ2) is 7.71. The largest absolute Gasteiger partial charge is 0.452 e. The molecule has 4 N–H and O–H groups in total. The number of anilines is 1. The number of aliphatic hydroxyl groups is 1. The molecule has 1 aromatic heterocycles. The summed E-state index contributed by atoms with van der Waals surface area (Å²) < 4.78 is 28.5. The van der Waals surface area contributed by atoms with Crippen LogP contribution < -0.4 is 15.5 Å². The average Bonchev–Trinajstić information content (AvgIpc) is 3.17. The summed E-state index contributed by atoms with van der Waals surface area (Å²) in [6.07, 6.45) is 6.61. The van der Waals surface area contributed by atoms with Crippen molar-refractivity contribution in [2.45, 2.75) is 69.5 Å². The minimum atomic E-state index is -3.72. The molecule has 0 bridgehead atoms. The molecule has 2 aliphatic rings. The Morgan fingerprint density at radius 3 is 2.61 bits per heavy atom. The van der Waals surface area contributed by atoms with Crippen LogP contribution in [-0.2, 0) is 28.4 Å². The molecule has 2 aromatic rings. The van der Waals surface area contributed by atoms with E-state index in [0.29, 0.717) is 17.4 Å². The van der Waals surface area contributed by atoms with Crippen molar-refractivity contribution in [3.63, 3.8) is 0 Å². The van der Waals surface area contributed by atoms with E-state index in [4.69, 9.17) is 9.20 Å². The predicted molar refractivity (Wildman–Crippen MR) is 123 cm³/mol. The fourth-order valence-corrected chi connectivity index (χ4v) is 5.38. The highest BCUT2D eigenvalue weighted by molar-refractivity contribution is 7.91. The number of amides is 2. The van der Waals surface area contributed by atoms with Crippen LogP contribution in [0, 0.1) is 10.7 Å². The van der Waals surface area contributed by atoms with Gasteiger partial charge in [0.15, 0.2) is 9.92 Å². The zero-order valence-corrected chi connectivity index (χ0v) is 19.3. The number of hydrogen-bond donors (Lipinski definition) is 4. The maximum absolute atomic E-state index is 12.9. The third-order valence-electron chi connectivity index (χ3n) is 6.52. The summed E-state index contributed by atoms with van der Waals surface area (Å²) in [7, 11) is -1.59. The van der Waals surface area contributed by atoms with E-state index in [0.717, 1.165) is 36.1 Å². The maximum Gasteiger partial charge on any atom is 0.332 e. The SMILES string of the molecule is Bc1cc([C@@H](C)C2CC2)c(NC(=O)NS(=N)(=O)c2cc(C(C)(C)O)co2)c2c1CCC2. The van der Waals surface area contributed by atoms with Crippen LogP contribution in [0.25, 0.3) is 0 Å². The second-order valence-electron chi connectivity index (χ2n) is 9.42. The molecule has 1 saturated carbocycles. The smallest absolute Gasteiger partial charge is 0.332 e. The van der Waals surface area contributed by atoms with Crippen LogP contribution in [0.5, 0.6) is 0 Å². The zero-order valence-electron chi connectivity index (χ0n) is 18.5. The van der Waals surface area contributed by atoms with Crippen LogP contribution in [0.2, 0.25) is 0 Å². The molecule has 2 amide bonds. The molecule has 0 radical (unpaired) electrons. The van der Waals surface area contributed by atoms with E-state index in [-0.39, 0.29) is 5.09 Å². The molecule has 7 nitrogen and oxygen atoms in total. The molecule has 1 unspecified atom stereocenters. The van der Waals surface area contributed by atoms with Crippen molar-refractivity contribution in [1.82, 2.24) is 4.72 Å². The number of carbonyl (C=O) groups excluding carboxylic acids is 1. The quantitative estimate of drug-likeness (QED) is 0.514. The van der Waals surface area contributed by atoms with Crippen molar-refractivity contribution in [2.24, 2.45) is 5.92 Å². The van der Waals surface area contributed by atoms with Gasteiger partial charge in [0.25, 0.3) is 0 Å². The number of nitrogens with one attached hydrogen (secondary N) is 3. The molecule has 2 aliphatic carbocycles. The number of benzene rings is 1. The summed E-state index contributed by atoms with van der Waals surface area (Å²) in [5.41, 5.74) is 4.83. The van der Waals surface area contributed by atoms with Crippen molar-refractivity contribution in [2.75, 3.05) is 5.32 Å². The molecular formula is C22H30BN3O4S. The van der Waals surface area contributed by atoms with Gasteiger partial charge in [-0.05, 0) is 74.5 Å². The lowest BCUT2D eigenvalue weighted by molar-refractivity contribution is 0.0779. The van der Waals surface area contributed by atoms with E-state index in [1.165, 1.54) is 36.2 Å². The Bertz CT molecular complexity index is 1130. The van der Waals surface area contributed by atoms with Crippen molar-refractivity contribution in [3.05, 3.63) is 40.6 Å². The predicted octanol–water partition coefficient (Wildman–Crippen LogP) is 2.91. The molecule has 4 rings (SSSR count). The first-order valence-electron chi connectivity index (χ1n) is 10.8. The van der Waals surface area contributed by atoms with Gasteiger partial charge in [0.05, 0.1) is 11.9 Å². The van der Waals surface area contributed by atoms with Gasteiger partial charge in [0, 0.05) is 17.3 Å². The van der Waals surface area contributed by atoms with Gasteiger partial charge in [-0.15, -0.1) is 0 Å². The molecule has 2 atom stereocenters. The van der Waals surface area contributed by atoms with E-state index >= 15 is 0 Å². The van der Waals surface area contributed by atoms with Crippen molar-refractivity contribution >= 4 is 34.9 Å². The first kappa shape index (κ1) is 22.0. The Morgan fingerprint density at radius 2 is 2.00 bits per heavy atom. The summed E-state index contributed by atoms with van der Waals surface area (Å²) in [4.78, 5) is 12.8. The second-order valence-corrected chi connectivity index (χ2v) is 11.1. The Balaban J connectivity index is 1.60. The lowest BCUT2D eigenvalue weighted by atomic mass is 9.82. The summed E-state index contributed by atoms with van der Waals surface area (Å²) >= 11 is 0. The van der Waals surface area contributed by atoms with Gasteiger partial charge in [-0.25, -0.2) is 18.5 Å². The Morgan fingerprint density at radius 1 is 1.32 bits per heavy atom. The number of rotatable bonds is 6. The van der Waals surface area contributed by atoms with Crippen LogP contribution in [0.1, 0.15) is 68.2 Å². The van der Waals surface area contributed by atoms with Crippen LogP contribution in [-0.4, -0.2) is 23.2 Å². The number of carbonyl (C=O) groups is 1. The van der Waals surface area contributed by atoms with E-state index in [2.05, 4.69) is 30.9 Å². The third kappa shape index (κ3) is 4.39. The first-order chi connectivity index (χ1) is 14.5. The van der Waals surface area contributed by atoms with Gasteiger partial charge >= 0.3 is 6.03 Å². The van der Waals surface area contributed by atoms with Gasteiger partial charge in [0.2, 0.25) is 5.09 Å². The van der Waals surface area contributed by atoms with Crippen LogP contribution in [0.15, 0.2) is 27.9 Å². The minimum Gasteiger partial charge on any atom is -0.452 e. The van der Waals surface area contributed by atoms with Gasteiger partial charge in [-0.3, -0.25) is 0 Å². The van der Waals surface area contributed by atoms with E-state index in [1.54, 1.807) is 13.8 Å². The molecule has 0 aliphatic heterocycles. The van der Waals surface area contributed by atoms with Gasteiger partial charge in [-0.1, -0.05) is 18.5 Å². The lowest BCUT2D eigenvalue weighted by Crippen LogP contribution is -2.34. The Labute approximate surface area is 184 Å². The molecule has 166 valence electrons. The summed E-state index contributed by atoms with van der Waals surface area (Å²) in [5.74, 6) is 0.964. The zero-order chi connectivity index (χ0) is 22.6. The fourth-order valence-electron chi connectivity index (χ4n) is 4.49. The van der Waals surface area contributed by atoms with Crippen molar-refractivity contribution < 1.29 is 18.5 Å². The normalized spacial score (nSPS) is 18.8. The molecular weight excluding hydrogens is 413 g/mol. The highest BCUT2D eigenvalue weighted by atomic mass is 32.2. The standard InChI is InChI=1S/C22H30BN3O4S/c1-12(13-7-8-13)17-10-18(23)15-5-4-6-16(15)20(17)25-21(27)26-31(24,29)19-9-14(11-30-19)22(2,3)28/h9-13,28H,4-8,23H2,1-3H3,(H3,24,25,26,27,29)/t12-,31?/m0/s1. The van der Waals surface area contributed by atoms with E-state index < -0.39 is 21.5 Å². The number of fused-ring (bicyclic) bond motifs is 1. The molecule has 9 heteroatoms. The Hall–Kier alpha value is -2.26. The monoisotopic (exact) mass is 443 g/mol. The lowest BCUT2D eigenvalue weighted by Gasteiger charge is -2.22. The molecule has 1 aromatic carbocycles. The molecule has 1 heterocycles. The summed E-state index contributed by atoms with van der Waals surface area (Å²) in [6, 6.07) is 2.84. The third-order valence-corrected chi connectivity index (χ3v) is 7.77. The molecule has 1 fully saturated rings. The topological polar surface area (TPSA) is 115 Å². The minimum absolute atomic E-state index is 0.194. The Kier molecular flexibility index (Phi) is 5.46. The average molecular weight is 443 g/mol. The molecule has 31 heavy (non-hydrogen) atoms. The highest BCUT2D eigenvalue weighted by Crippen LogP contribution is 2.46. The summed E-state index contributed by atoms with van der Waals surface area (Å²) in [6.45, 7) is 5.33. The first-order valence-corrected chi connectivity index (χ1v) is 12.4. The van der Waals surface area contributed by atoms with E-state index in [9.17, 15) is 14.1 Å². The number of urea groups is 1. The molecule has 0 spiro atoms. The van der Waals surface area contributed by atoms with Crippen LogP contribution in [0.3, 0.4) is 0 Å². The number of furan rings is 1. The maximum atomic E-state index is 12.9. The molecule has 0 saturated heterocycles. The van der Waals surface area contributed by atoms with Crippen molar-refractivity contribution in [3.8, 4) is 0 Å². The summed E-state index contributed by atoms with van der Waals surface area (Å²) in [5, 5.41) is 12.8. The van der Waals surface area contributed by atoms with Crippen LogP contribution >= 0.6 is 0 Å². The van der Waals surface area contributed by atoms with Gasteiger partial charge in [-0.2, -0.15) is 0 Å². The van der Waals surface area contributed by atoms with Crippen LogP contribution in [0.4, 0.5) is 10.5 Å². The van der Waals surface area contributed by atoms with Gasteiger partial charge < -0.3 is 14.8 Å².